The van der Waals surface area contributed by atoms with Crippen LogP contribution in [0.2, 0.25) is 0 Å². The van der Waals surface area contributed by atoms with E-state index in [9.17, 15) is 14.0 Å². The van der Waals surface area contributed by atoms with Gasteiger partial charge in [-0.3, -0.25) is 9.59 Å². The first-order chi connectivity index (χ1) is 16.2. The van der Waals surface area contributed by atoms with Gasteiger partial charge in [-0.05, 0) is 66.1 Å². The van der Waals surface area contributed by atoms with Gasteiger partial charge in [-0.1, -0.05) is 40.2 Å². The van der Waals surface area contributed by atoms with Gasteiger partial charge in [0.15, 0.2) is 0 Å². The molecule has 176 valence electrons. The average Bonchev–Trinajstić information content (AvgIpc) is 3.12. The number of hydrogen-bond donors (Lipinski definition) is 1. The Morgan fingerprint density at radius 3 is 2.56 bits per heavy atom. The molecule has 0 fully saturated rings. The number of aliphatic carboxylic acids is 1. The zero-order valence-corrected chi connectivity index (χ0v) is 20.3. The summed E-state index contributed by atoms with van der Waals surface area (Å²) in [5.74, 6) is -0.945. The lowest BCUT2D eigenvalue weighted by molar-refractivity contribution is -0.137. The summed E-state index contributed by atoms with van der Waals surface area (Å²) >= 11 is 3.45. The van der Waals surface area contributed by atoms with Crippen LogP contribution in [0.25, 0.3) is 0 Å². The first-order valence-corrected chi connectivity index (χ1v) is 11.8. The van der Waals surface area contributed by atoms with E-state index in [4.69, 9.17) is 9.84 Å². The number of carboxylic acids is 1. The molecule has 0 aromatic heterocycles. The number of carbonyl (C=O) groups is 2. The Morgan fingerprint density at radius 1 is 1.09 bits per heavy atom. The number of hydrogen-bond acceptors (Lipinski definition) is 3. The number of amides is 1. The molecule has 5 nitrogen and oxygen atoms in total. The Morgan fingerprint density at radius 2 is 1.85 bits per heavy atom. The maximum absolute atomic E-state index is 13.6. The quantitative estimate of drug-likeness (QED) is 0.413. The van der Waals surface area contributed by atoms with Gasteiger partial charge in [-0.15, -0.1) is 0 Å². The molecule has 7 heteroatoms. The SMILES string of the molecule is CC1(Cc2ccc(Br)cc2)Cc2cc(C(=O)N(CCC(=O)O)Cc3cccc(F)c3)ccc2O1. The highest BCUT2D eigenvalue weighted by atomic mass is 79.9. The lowest BCUT2D eigenvalue weighted by Crippen LogP contribution is -2.33. The molecule has 0 saturated heterocycles. The van der Waals surface area contributed by atoms with Crippen LogP contribution in [-0.4, -0.2) is 34.0 Å². The summed E-state index contributed by atoms with van der Waals surface area (Å²) in [7, 11) is 0. The third-order valence-corrected chi connectivity index (χ3v) is 6.39. The minimum atomic E-state index is -0.997. The summed E-state index contributed by atoms with van der Waals surface area (Å²) in [5, 5.41) is 9.13. The van der Waals surface area contributed by atoms with Gasteiger partial charge < -0.3 is 14.7 Å². The number of rotatable bonds is 8. The fourth-order valence-electron chi connectivity index (χ4n) is 4.31. The van der Waals surface area contributed by atoms with Crippen molar-refractivity contribution in [1.29, 1.82) is 0 Å². The van der Waals surface area contributed by atoms with E-state index in [0.717, 1.165) is 27.8 Å². The normalized spacial score (nSPS) is 16.6. The molecular formula is C27H25BrFNO4. The van der Waals surface area contributed by atoms with Crippen molar-refractivity contribution in [2.75, 3.05) is 6.54 Å². The first kappa shape index (κ1) is 24.0. The molecule has 0 spiro atoms. The zero-order valence-electron chi connectivity index (χ0n) is 18.8. The molecule has 34 heavy (non-hydrogen) atoms. The molecule has 1 aliphatic heterocycles. The van der Waals surface area contributed by atoms with Gasteiger partial charge >= 0.3 is 5.97 Å². The van der Waals surface area contributed by atoms with Crippen LogP contribution in [-0.2, 0) is 24.2 Å². The molecule has 0 aliphatic carbocycles. The van der Waals surface area contributed by atoms with Crippen LogP contribution in [0.4, 0.5) is 4.39 Å². The van der Waals surface area contributed by atoms with E-state index in [-0.39, 0.29) is 25.4 Å². The van der Waals surface area contributed by atoms with Crippen molar-refractivity contribution < 1.29 is 23.8 Å². The van der Waals surface area contributed by atoms with Gasteiger partial charge in [-0.25, -0.2) is 4.39 Å². The molecule has 1 amide bonds. The topological polar surface area (TPSA) is 66.8 Å². The minimum Gasteiger partial charge on any atom is -0.487 e. The number of benzene rings is 3. The Bertz CT molecular complexity index is 1210. The highest BCUT2D eigenvalue weighted by molar-refractivity contribution is 9.10. The number of fused-ring (bicyclic) bond motifs is 1. The second-order valence-corrected chi connectivity index (χ2v) is 9.77. The summed E-state index contributed by atoms with van der Waals surface area (Å²) in [6.07, 6.45) is 1.18. The zero-order chi connectivity index (χ0) is 24.3. The van der Waals surface area contributed by atoms with Crippen molar-refractivity contribution >= 4 is 27.8 Å². The van der Waals surface area contributed by atoms with E-state index in [1.54, 1.807) is 24.3 Å². The summed E-state index contributed by atoms with van der Waals surface area (Å²) < 4.78 is 20.9. The third-order valence-electron chi connectivity index (χ3n) is 5.86. The number of ether oxygens (including phenoxy) is 1. The first-order valence-electron chi connectivity index (χ1n) is 11.0. The number of carboxylic acid groups (broad SMARTS) is 1. The van der Waals surface area contributed by atoms with Gasteiger partial charge in [0.1, 0.15) is 17.2 Å². The summed E-state index contributed by atoms with van der Waals surface area (Å²) in [5.41, 5.74) is 2.73. The van der Waals surface area contributed by atoms with E-state index in [1.807, 2.05) is 18.2 Å². The number of halogens is 2. The molecule has 0 radical (unpaired) electrons. The van der Waals surface area contributed by atoms with Crippen molar-refractivity contribution in [2.24, 2.45) is 0 Å². The summed E-state index contributed by atoms with van der Waals surface area (Å²) in [6.45, 7) is 2.21. The predicted octanol–water partition coefficient (Wildman–Crippen LogP) is 5.64. The van der Waals surface area contributed by atoms with Crippen molar-refractivity contribution in [1.82, 2.24) is 4.90 Å². The largest absolute Gasteiger partial charge is 0.487 e. The Kier molecular flexibility index (Phi) is 7.03. The van der Waals surface area contributed by atoms with Crippen LogP contribution < -0.4 is 4.74 Å². The lowest BCUT2D eigenvalue weighted by atomic mass is 9.91. The molecule has 1 N–H and O–H groups in total. The molecule has 1 unspecified atom stereocenters. The molecular weight excluding hydrogens is 501 g/mol. The second-order valence-electron chi connectivity index (χ2n) is 8.85. The van der Waals surface area contributed by atoms with Gasteiger partial charge in [0.25, 0.3) is 5.91 Å². The van der Waals surface area contributed by atoms with Crippen LogP contribution in [0.1, 0.15) is 40.4 Å². The van der Waals surface area contributed by atoms with E-state index in [2.05, 4.69) is 35.0 Å². The van der Waals surface area contributed by atoms with Gasteiger partial charge in [0, 0.05) is 36.0 Å². The summed E-state index contributed by atoms with van der Waals surface area (Å²) in [6, 6.07) is 19.4. The summed E-state index contributed by atoms with van der Waals surface area (Å²) in [4.78, 5) is 25.9. The highest BCUT2D eigenvalue weighted by Gasteiger charge is 2.35. The maximum atomic E-state index is 13.6. The predicted molar refractivity (Wildman–Crippen MR) is 130 cm³/mol. The smallest absolute Gasteiger partial charge is 0.305 e. The number of nitrogens with zero attached hydrogens (tertiary/aromatic N) is 1. The fraction of sp³-hybridized carbons (Fsp3) is 0.259. The molecule has 1 aliphatic rings. The molecule has 3 aromatic rings. The van der Waals surface area contributed by atoms with E-state index >= 15 is 0 Å². The minimum absolute atomic E-state index is 0.0273. The van der Waals surface area contributed by atoms with Gasteiger partial charge in [0.2, 0.25) is 0 Å². The fourth-order valence-corrected chi connectivity index (χ4v) is 4.57. The highest BCUT2D eigenvalue weighted by Crippen LogP contribution is 2.38. The third kappa shape index (κ3) is 5.83. The van der Waals surface area contributed by atoms with Crippen LogP contribution >= 0.6 is 15.9 Å². The Balaban J connectivity index is 1.52. The standard InChI is InChI=1S/C27H25BrFNO4/c1-27(15-18-5-8-22(28)9-6-18)16-21-14-20(7-10-24(21)34-27)26(33)30(12-11-25(31)32)17-19-3-2-4-23(29)13-19/h2-10,13-14H,11-12,15-17H2,1H3,(H,31,32). The van der Waals surface area contributed by atoms with Crippen LogP contribution in [0.3, 0.4) is 0 Å². The van der Waals surface area contributed by atoms with Gasteiger partial charge in [0.05, 0.1) is 6.42 Å². The van der Waals surface area contributed by atoms with Gasteiger partial charge in [-0.2, -0.15) is 0 Å². The molecule has 1 heterocycles. The van der Waals surface area contributed by atoms with Crippen molar-refractivity contribution in [3.8, 4) is 5.75 Å². The second kappa shape index (κ2) is 9.97. The lowest BCUT2D eigenvalue weighted by Gasteiger charge is -2.24. The molecule has 1 atom stereocenters. The Hall–Kier alpha value is -3.19. The van der Waals surface area contributed by atoms with Crippen molar-refractivity contribution in [3.63, 3.8) is 0 Å². The molecule has 0 bridgehead atoms. The van der Waals surface area contributed by atoms with Crippen molar-refractivity contribution in [3.05, 3.63) is 99.3 Å². The maximum Gasteiger partial charge on any atom is 0.305 e. The van der Waals surface area contributed by atoms with Crippen molar-refractivity contribution in [2.45, 2.75) is 38.3 Å². The van der Waals surface area contributed by atoms with Crippen LogP contribution in [0.5, 0.6) is 5.75 Å². The number of carbonyl (C=O) groups excluding carboxylic acids is 1. The van der Waals surface area contributed by atoms with Crippen LogP contribution in [0, 0.1) is 5.82 Å². The Labute approximate surface area is 206 Å². The monoisotopic (exact) mass is 525 g/mol. The molecule has 0 saturated carbocycles. The van der Waals surface area contributed by atoms with E-state index in [1.165, 1.54) is 17.0 Å². The van der Waals surface area contributed by atoms with E-state index in [0.29, 0.717) is 17.5 Å². The molecule has 4 rings (SSSR count). The van der Waals surface area contributed by atoms with Crippen LogP contribution in [0.15, 0.2) is 71.2 Å². The molecule has 3 aromatic carbocycles. The van der Waals surface area contributed by atoms with E-state index < -0.39 is 17.4 Å². The average molecular weight is 526 g/mol.